The molecule has 3 heteroatoms. The summed E-state index contributed by atoms with van der Waals surface area (Å²) in [6.45, 7) is 8.67. The van der Waals surface area contributed by atoms with Crippen LogP contribution in [-0.2, 0) is 4.79 Å². The van der Waals surface area contributed by atoms with Gasteiger partial charge in [0.25, 0.3) is 0 Å². The zero-order valence-corrected chi connectivity index (χ0v) is 11.4. The first-order chi connectivity index (χ1) is 7.59. The molecule has 16 heavy (non-hydrogen) atoms. The minimum Gasteiger partial charge on any atom is -0.339 e. The first-order valence-electron chi connectivity index (χ1n) is 6.17. The smallest absolute Gasteiger partial charge is 0.224 e. The first kappa shape index (κ1) is 15.2. The summed E-state index contributed by atoms with van der Waals surface area (Å²) in [4.78, 5) is 15.7. The molecular weight excluding hydrogens is 200 g/mol. The van der Waals surface area contributed by atoms with Crippen molar-refractivity contribution in [2.24, 2.45) is 0 Å². The summed E-state index contributed by atoms with van der Waals surface area (Å²) in [7, 11) is 3.99. The molecule has 0 saturated carbocycles. The quantitative estimate of drug-likeness (QED) is 0.688. The van der Waals surface area contributed by atoms with E-state index in [1.165, 1.54) is 5.57 Å². The highest BCUT2D eigenvalue weighted by Gasteiger charge is 2.15. The Bertz CT molecular complexity index is 234. The standard InChI is InChI=1S/C11H20N2O.C2H6/c1-10-4-8-13(9-5-10)11(14)6-7-12(2)3;1-2/h4H,5-9H2,1-3H3;1-2H3. The number of amides is 1. The molecule has 0 bridgehead atoms. The highest BCUT2D eigenvalue weighted by Crippen LogP contribution is 2.10. The second kappa shape index (κ2) is 8.34. The molecule has 0 aromatic carbocycles. The van der Waals surface area contributed by atoms with Gasteiger partial charge >= 0.3 is 0 Å². The number of carbonyl (C=O) groups excluding carboxylic acids is 1. The fraction of sp³-hybridized carbons (Fsp3) is 0.769. The van der Waals surface area contributed by atoms with E-state index in [1.54, 1.807) is 0 Å². The lowest BCUT2D eigenvalue weighted by Gasteiger charge is -2.26. The van der Waals surface area contributed by atoms with Crippen molar-refractivity contribution in [2.45, 2.75) is 33.6 Å². The Morgan fingerprint density at radius 3 is 2.50 bits per heavy atom. The van der Waals surface area contributed by atoms with Gasteiger partial charge in [0.2, 0.25) is 5.91 Å². The Morgan fingerprint density at radius 1 is 1.44 bits per heavy atom. The summed E-state index contributed by atoms with van der Waals surface area (Å²) < 4.78 is 0. The fourth-order valence-electron chi connectivity index (χ4n) is 1.47. The molecule has 0 saturated heterocycles. The van der Waals surface area contributed by atoms with Crippen LogP contribution in [0.2, 0.25) is 0 Å². The minimum atomic E-state index is 0.280. The second-order valence-electron chi connectivity index (χ2n) is 4.19. The van der Waals surface area contributed by atoms with E-state index < -0.39 is 0 Å². The van der Waals surface area contributed by atoms with Crippen LogP contribution in [0.5, 0.6) is 0 Å². The molecule has 0 aromatic rings. The second-order valence-corrected chi connectivity index (χ2v) is 4.19. The van der Waals surface area contributed by atoms with E-state index in [2.05, 4.69) is 13.0 Å². The van der Waals surface area contributed by atoms with E-state index in [1.807, 2.05) is 37.7 Å². The van der Waals surface area contributed by atoms with Gasteiger partial charge in [-0.15, -0.1) is 0 Å². The van der Waals surface area contributed by atoms with Crippen LogP contribution in [0.4, 0.5) is 0 Å². The Hall–Kier alpha value is -0.830. The van der Waals surface area contributed by atoms with E-state index in [4.69, 9.17) is 0 Å². The van der Waals surface area contributed by atoms with Crippen molar-refractivity contribution < 1.29 is 4.79 Å². The molecule has 1 heterocycles. The van der Waals surface area contributed by atoms with E-state index in [0.29, 0.717) is 6.42 Å². The van der Waals surface area contributed by atoms with Gasteiger partial charge < -0.3 is 9.80 Å². The van der Waals surface area contributed by atoms with Gasteiger partial charge in [-0.2, -0.15) is 0 Å². The molecule has 0 unspecified atom stereocenters. The minimum absolute atomic E-state index is 0.280. The molecular formula is C13H26N2O. The maximum atomic E-state index is 11.7. The van der Waals surface area contributed by atoms with E-state index in [-0.39, 0.29) is 5.91 Å². The normalized spacial score (nSPS) is 15.4. The Balaban J connectivity index is 0.00000106. The van der Waals surface area contributed by atoms with Crippen LogP contribution in [0.25, 0.3) is 0 Å². The molecule has 1 aliphatic rings. The Labute approximate surface area is 100 Å². The van der Waals surface area contributed by atoms with E-state index in [9.17, 15) is 4.79 Å². The lowest BCUT2D eigenvalue weighted by Crippen LogP contribution is -2.36. The molecule has 0 aromatic heterocycles. The summed E-state index contributed by atoms with van der Waals surface area (Å²) in [6, 6.07) is 0. The maximum Gasteiger partial charge on any atom is 0.224 e. The van der Waals surface area contributed by atoms with Gasteiger partial charge in [0.1, 0.15) is 0 Å². The Morgan fingerprint density at radius 2 is 2.06 bits per heavy atom. The molecule has 0 spiro atoms. The van der Waals surface area contributed by atoms with Crippen LogP contribution in [0.1, 0.15) is 33.6 Å². The van der Waals surface area contributed by atoms with Gasteiger partial charge in [-0.25, -0.2) is 0 Å². The third-order valence-electron chi connectivity index (χ3n) is 2.56. The summed E-state index contributed by atoms with van der Waals surface area (Å²) in [6.07, 6.45) is 3.82. The van der Waals surface area contributed by atoms with Gasteiger partial charge in [-0.1, -0.05) is 25.5 Å². The number of hydrogen-bond donors (Lipinski definition) is 0. The first-order valence-corrected chi connectivity index (χ1v) is 6.17. The van der Waals surface area contributed by atoms with Crippen molar-refractivity contribution in [3.63, 3.8) is 0 Å². The van der Waals surface area contributed by atoms with Crippen molar-refractivity contribution in [2.75, 3.05) is 33.7 Å². The average Bonchev–Trinajstić information content (AvgIpc) is 2.29. The molecule has 3 nitrogen and oxygen atoms in total. The van der Waals surface area contributed by atoms with Crippen LogP contribution in [0, 0.1) is 0 Å². The lowest BCUT2D eigenvalue weighted by atomic mass is 10.1. The molecule has 1 aliphatic heterocycles. The van der Waals surface area contributed by atoms with Gasteiger partial charge in [0.05, 0.1) is 0 Å². The van der Waals surface area contributed by atoms with Crippen LogP contribution < -0.4 is 0 Å². The lowest BCUT2D eigenvalue weighted by molar-refractivity contribution is -0.131. The molecule has 0 fully saturated rings. The maximum absolute atomic E-state index is 11.7. The third kappa shape index (κ3) is 5.91. The van der Waals surface area contributed by atoms with Gasteiger partial charge in [-0.05, 0) is 27.4 Å². The summed E-state index contributed by atoms with van der Waals surface area (Å²) in [5, 5.41) is 0. The predicted molar refractivity (Wildman–Crippen MR) is 69.5 cm³/mol. The molecule has 0 radical (unpaired) electrons. The predicted octanol–water partition coefficient (Wildman–Crippen LogP) is 2.14. The van der Waals surface area contributed by atoms with Crippen molar-refractivity contribution in [1.29, 1.82) is 0 Å². The van der Waals surface area contributed by atoms with Crippen molar-refractivity contribution in [3.8, 4) is 0 Å². The number of rotatable bonds is 3. The molecule has 0 atom stereocenters. The molecule has 0 N–H and O–H groups in total. The monoisotopic (exact) mass is 226 g/mol. The third-order valence-corrected chi connectivity index (χ3v) is 2.56. The van der Waals surface area contributed by atoms with Crippen molar-refractivity contribution in [3.05, 3.63) is 11.6 Å². The van der Waals surface area contributed by atoms with E-state index >= 15 is 0 Å². The molecule has 0 aliphatic carbocycles. The number of hydrogen-bond acceptors (Lipinski definition) is 2. The molecule has 1 amide bonds. The topological polar surface area (TPSA) is 23.6 Å². The van der Waals surface area contributed by atoms with Crippen LogP contribution >= 0.6 is 0 Å². The largest absolute Gasteiger partial charge is 0.339 e. The number of carbonyl (C=O) groups is 1. The Kier molecular flexibility index (Phi) is 7.90. The van der Waals surface area contributed by atoms with Crippen LogP contribution in [0.15, 0.2) is 11.6 Å². The SMILES string of the molecule is CC.CC1=CCN(C(=O)CCN(C)C)CC1. The highest BCUT2D eigenvalue weighted by molar-refractivity contribution is 5.76. The summed E-state index contributed by atoms with van der Waals surface area (Å²) in [5.74, 6) is 0.280. The average molecular weight is 226 g/mol. The van der Waals surface area contributed by atoms with Crippen molar-refractivity contribution >= 4 is 5.91 Å². The highest BCUT2D eigenvalue weighted by atomic mass is 16.2. The van der Waals surface area contributed by atoms with Crippen molar-refractivity contribution in [1.82, 2.24) is 9.80 Å². The fourth-order valence-corrected chi connectivity index (χ4v) is 1.47. The summed E-state index contributed by atoms with van der Waals surface area (Å²) in [5.41, 5.74) is 1.40. The van der Waals surface area contributed by atoms with E-state index in [0.717, 1.165) is 26.1 Å². The van der Waals surface area contributed by atoms with Gasteiger partial charge in [-0.3, -0.25) is 4.79 Å². The number of nitrogens with zero attached hydrogens (tertiary/aromatic N) is 2. The van der Waals surface area contributed by atoms with Crippen LogP contribution in [0.3, 0.4) is 0 Å². The van der Waals surface area contributed by atoms with Crippen LogP contribution in [-0.4, -0.2) is 49.4 Å². The zero-order chi connectivity index (χ0) is 12.6. The van der Waals surface area contributed by atoms with Gasteiger partial charge in [0, 0.05) is 26.1 Å². The molecule has 1 rings (SSSR count). The molecule has 94 valence electrons. The van der Waals surface area contributed by atoms with Gasteiger partial charge in [0.15, 0.2) is 0 Å². The zero-order valence-electron chi connectivity index (χ0n) is 11.4. The summed E-state index contributed by atoms with van der Waals surface area (Å²) >= 11 is 0.